The van der Waals surface area contributed by atoms with Gasteiger partial charge in [-0.05, 0) is 57.2 Å². The molecule has 7 heteroatoms. The standard InChI is InChI=1S/C25H26N4O2S/c1-17-24(18(2)29(27-17)22-8-6-5-7-9-22)14-28(4)25(30)20-10-12-23(13-11-20)31-15-21-16-32-19(3)26-21/h5-13,16H,14-15H2,1-4H3. The van der Waals surface area contributed by atoms with Gasteiger partial charge in [0.1, 0.15) is 12.4 Å². The van der Waals surface area contributed by atoms with E-state index in [1.807, 2.05) is 80.3 Å². The number of para-hydroxylation sites is 1. The second-order valence-corrected chi connectivity index (χ2v) is 8.79. The molecule has 0 aliphatic carbocycles. The molecule has 0 aliphatic rings. The van der Waals surface area contributed by atoms with E-state index in [0.29, 0.717) is 24.5 Å². The summed E-state index contributed by atoms with van der Waals surface area (Å²) < 4.78 is 7.71. The van der Waals surface area contributed by atoms with Gasteiger partial charge in [-0.2, -0.15) is 5.10 Å². The summed E-state index contributed by atoms with van der Waals surface area (Å²) in [5, 5.41) is 7.69. The summed E-state index contributed by atoms with van der Waals surface area (Å²) >= 11 is 1.60. The molecule has 0 N–H and O–H groups in total. The van der Waals surface area contributed by atoms with Gasteiger partial charge in [-0.1, -0.05) is 18.2 Å². The number of thiazole rings is 1. The highest BCUT2D eigenvalue weighted by Crippen LogP contribution is 2.21. The van der Waals surface area contributed by atoms with Crippen LogP contribution in [-0.2, 0) is 13.2 Å². The van der Waals surface area contributed by atoms with Crippen LogP contribution in [0.4, 0.5) is 0 Å². The normalized spacial score (nSPS) is 10.9. The molecule has 2 heterocycles. The molecule has 0 saturated heterocycles. The Labute approximate surface area is 192 Å². The maximum Gasteiger partial charge on any atom is 0.253 e. The number of benzene rings is 2. The number of rotatable bonds is 7. The molecule has 32 heavy (non-hydrogen) atoms. The number of carbonyl (C=O) groups excluding carboxylic acids is 1. The van der Waals surface area contributed by atoms with E-state index in [2.05, 4.69) is 10.1 Å². The van der Waals surface area contributed by atoms with Crippen molar-refractivity contribution in [2.75, 3.05) is 7.05 Å². The van der Waals surface area contributed by atoms with Crippen molar-refractivity contribution in [3.8, 4) is 11.4 Å². The molecule has 164 valence electrons. The maximum atomic E-state index is 13.0. The van der Waals surface area contributed by atoms with Crippen molar-refractivity contribution >= 4 is 17.2 Å². The average Bonchev–Trinajstić information content (AvgIpc) is 3.35. The van der Waals surface area contributed by atoms with Gasteiger partial charge in [-0.15, -0.1) is 11.3 Å². The Morgan fingerprint density at radius 3 is 2.44 bits per heavy atom. The van der Waals surface area contributed by atoms with Crippen LogP contribution in [0.5, 0.6) is 5.75 Å². The SMILES string of the molecule is Cc1nc(COc2ccc(C(=O)N(C)Cc3c(C)nn(-c4ccccc4)c3C)cc2)cs1. The molecule has 6 nitrogen and oxygen atoms in total. The van der Waals surface area contributed by atoms with Gasteiger partial charge < -0.3 is 9.64 Å². The largest absolute Gasteiger partial charge is 0.487 e. The van der Waals surface area contributed by atoms with Crippen LogP contribution in [0.15, 0.2) is 60.0 Å². The number of hydrogen-bond acceptors (Lipinski definition) is 5. The van der Waals surface area contributed by atoms with Crippen LogP contribution in [0.2, 0.25) is 0 Å². The number of hydrogen-bond donors (Lipinski definition) is 0. The van der Waals surface area contributed by atoms with Gasteiger partial charge in [0.05, 0.1) is 22.1 Å². The zero-order valence-corrected chi connectivity index (χ0v) is 19.5. The Morgan fingerprint density at radius 1 is 1.06 bits per heavy atom. The molecule has 0 bridgehead atoms. The van der Waals surface area contributed by atoms with Gasteiger partial charge in [0.25, 0.3) is 5.91 Å². The highest BCUT2D eigenvalue weighted by atomic mass is 32.1. The summed E-state index contributed by atoms with van der Waals surface area (Å²) in [6, 6.07) is 17.3. The van der Waals surface area contributed by atoms with E-state index >= 15 is 0 Å². The average molecular weight is 447 g/mol. The van der Waals surface area contributed by atoms with Crippen LogP contribution < -0.4 is 4.74 Å². The Morgan fingerprint density at radius 2 is 1.78 bits per heavy atom. The van der Waals surface area contributed by atoms with E-state index in [0.717, 1.165) is 33.3 Å². The van der Waals surface area contributed by atoms with Gasteiger partial charge in [0.2, 0.25) is 0 Å². The van der Waals surface area contributed by atoms with E-state index in [-0.39, 0.29) is 5.91 Å². The fraction of sp³-hybridized carbons (Fsp3) is 0.240. The summed E-state index contributed by atoms with van der Waals surface area (Å²) in [5.41, 5.74) is 5.56. The Balaban J connectivity index is 1.42. The predicted molar refractivity (Wildman–Crippen MR) is 126 cm³/mol. The van der Waals surface area contributed by atoms with Crippen molar-refractivity contribution in [1.82, 2.24) is 19.7 Å². The van der Waals surface area contributed by atoms with Gasteiger partial charge in [0.15, 0.2) is 0 Å². The van der Waals surface area contributed by atoms with Crippen LogP contribution in [0.25, 0.3) is 5.69 Å². The third-order valence-corrected chi connectivity index (χ3v) is 6.16. The number of carbonyl (C=O) groups is 1. The molecule has 0 unspecified atom stereocenters. The first-order valence-electron chi connectivity index (χ1n) is 10.4. The second kappa shape index (κ2) is 9.36. The lowest BCUT2D eigenvalue weighted by atomic mass is 10.1. The first-order valence-corrected chi connectivity index (χ1v) is 11.3. The smallest absolute Gasteiger partial charge is 0.253 e. The zero-order chi connectivity index (χ0) is 22.7. The summed E-state index contributed by atoms with van der Waals surface area (Å²) in [7, 11) is 1.82. The van der Waals surface area contributed by atoms with Crippen LogP contribution in [0.1, 0.15) is 38.0 Å². The Bertz CT molecular complexity index is 1210. The fourth-order valence-electron chi connectivity index (χ4n) is 3.58. The van der Waals surface area contributed by atoms with Crippen LogP contribution in [0, 0.1) is 20.8 Å². The highest BCUT2D eigenvalue weighted by molar-refractivity contribution is 7.09. The zero-order valence-electron chi connectivity index (χ0n) is 18.7. The summed E-state index contributed by atoms with van der Waals surface area (Å²) in [4.78, 5) is 19.1. The molecule has 0 spiro atoms. The molecule has 4 rings (SSSR count). The first kappa shape index (κ1) is 21.8. The lowest BCUT2D eigenvalue weighted by Gasteiger charge is -2.18. The molecular weight excluding hydrogens is 420 g/mol. The third-order valence-electron chi connectivity index (χ3n) is 5.34. The minimum atomic E-state index is -0.0436. The van der Waals surface area contributed by atoms with E-state index in [4.69, 9.17) is 4.74 Å². The van der Waals surface area contributed by atoms with Crippen LogP contribution in [0.3, 0.4) is 0 Å². The van der Waals surface area contributed by atoms with Crippen molar-refractivity contribution in [2.45, 2.75) is 33.9 Å². The predicted octanol–water partition coefficient (Wildman–Crippen LogP) is 5.11. The van der Waals surface area contributed by atoms with E-state index < -0.39 is 0 Å². The van der Waals surface area contributed by atoms with Gasteiger partial charge >= 0.3 is 0 Å². The quantitative estimate of drug-likeness (QED) is 0.396. The Hall–Kier alpha value is -3.45. The minimum Gasteiger partial charge on any atom is -0.487 e. The molecule has 0 saturated carbocycles. The first-order chi connectivity index (χ1) is 15.4. The van der Waals surface area contributed by atoms with Gasteiger partial charge in [-0.25, -0.2) is 9.67 Å². The van der Waals surface area contributed by atoms with E-state index in [9.17, 15) is 4.79 Å². The summed E-state index contributed by atoms with van der Waals surface area (Å²) in [6.45, 7) is 6.90. The van der Waals surface area contributed by atoms with Crippen molar-refractivity contribution in [1.29, 1.82) is 0 Å². The molecule has 0 fully saturated rings. The number of ether oxygens (including phenoxy) is 1. The van der Waals surface area contributed by atoms with Gasteiger partial charge in [0, 0.05) is 35.8 Å². The molecule has 1 amide bonds. The van der Waals surface area contributed by atoms with E-state index in [1.54, 1.807) is 28.4 Å². The molecule has 2 aromatic heterocycles. The molecule has 4 aromatic rings. The van der Waals surface area contributed by atoms with Crippen molar-refractivity contribution in [2.24, 2.45) is 0 Å². The maximum absolute atomic E-state index is 13.0. The molecule has 0 aliphatic heterocycles. The lowest BCUT2D eigenvalue weighted by molar-refractivity contribution is 0.0784. The summed E-state index contributed by atoms with van der Waals surface area (Å²) in [6.07, 6.45) is 0. The molecular formula is C25H26N4O2S. The summed E-state index contributed by atoms with van der Waals surface area (Å²) in [5.74, 6) is 0.670. The minimum absolute atomic E-state index is 0.0436. The number of nitrogens with zero attached hydrogens (tertiary/aromatic N) is 4. The topological polar surface area (TPSA) is 60.2 Å². The fourth-order valence-corrected chi connectivity index (χ4v) is 4.18. The second-order valence-electron chi connectivity index (χ2n) is 7.73. The highest BCUT2D eigenvalue weighted by Gasteiger charge is 2.18. The van der Waals surface area contributed by atoms with Crippen molar-refractivity contribution in [3.05, 3.63) is 93.2 Å². The van der Waals surface area contributed by atoms with E-state index in [1.165, 1.54) is 0 Å². The lowest BCUT2D eigenvalue weighted by Crippen LogP contribution is -2.26. The third kappa shape index (κ3) is 4.73. The molecule has 0 atom stereocenters. The molecule has 0 radical (unpaired) electrons. The van der Waals surface area contributed by atoms with Crippen molar-refractivity contribution in [3.63, 3.8) is 0 Å². The number of aromatic nitrogens is 3. The number of aryl methyl sites for hydroxylation is 2. The van der Waals surface area contributed by atoms with Crippen molar-refractivity contribution < 1.29 is 9.53 Å². The monoisotopic (exact) mass is 446 g/mol. The van der Waals surface area contributed by atoms with Crippen LogP contribution >= 0.6 is 11.3 Å². The van der Waals surface area contributed by atoms with Gasteiger partial charge in [-0.3, -0.25) is 4.79 Å². The Kier molecular flexibility index (Phi) is 6.37. The number of amides is 1. The molecule has 2 aromatic carbocycles. The van der Waals surface area contributed by atoms with Crippen LogP contribution in [-0.4, -0.2) is 32.6 Å².